The summed E-state index contributed by atoms with van der Waals surface area (Å²) in [5.41, 5.74) is 1.59. The second-order valence-corrected chi connectivity index (χ2v) is 9.42. The average molecular weight is 474 g/mol. The van der Waals surface area contributed by atoms with Gasteiger partial charge in [-0.1, -0.05) is 44.2 Å². The van der Waals surface area contributed by atoms with Gasteiger partial charge in [-0.05, 0) is 63.1 Å². The molecular formula is C24H35N5O5. The number of hydrogen-bond donors (Lipinski definition) is 4. The van der Waals surface area contributed by atoms with Gasteiger partial charge in [0.25, 0.3) is 11.8 Å². The van der Waals surface area contributed by atoms with E-state index in [1.165, 1.54) is 0 Å². The highest BCUT2D eigenvalue weighted by Gasteiger charge is 2.55. The minimum Gasteiger partial charge on any atom is -0.321 e. The van der Waals surface area contributed by atoms with Crippen LogP contribution in [0.3, 0.4) is 0 Å². The van der Waals surface area contributed by atoms with E-state index in [-0.39, 0.29) is 18.8 Å². The molecule has 2 heterocycles. The molecule has 0 saturated carbocycles. The van der Waals surface area contributed by atoms with Crippen molar-refractivity contribution < 1.29 is 24.4 Å². The molecule has 2 aliphatic rings. The minimum absolute atomic E-state index is 0.0666. The molecule has 0 bridgehead atoms. The van der Waals surface area contributed by atoms with Gasteiger partial charge in [-0.2, -0.15) is 5.01 Å². The lowest BCUT2D eigenvalue weighted by Gasteiger charge is -2.37. The maximum absolute atomic E-state index is 13.5. The summed E-state index contributed by atoms with van der Waals surface area (Å²) in [5, 5.41) is 17.2. The predicted octanol–water partition coefficient (Wildman–Crippen LogP) is 1.74. The predicted molar refractivity (Wildman–Crippen MR) is 124 cm³/mol. The van der Waals surface area contributed by atoms with E-state index in [1.807, 2.05) is 44.2 Å². The Labute approximate surface area is 200 Å². The number of hydroxylamine groups is 1. The summed E-state index contributed by atoms with van der Waals surface area (Å²) >= 11 is 0. The van der Waals surface area contributed by atoms with Crippen LogP contribution in [0.15, 0.2) is 30.3 Å². The van der Waals surface area contributed by atoms with Gasteiger partial charge in [0, 0.05) is 6.42 Å². The molecule has 0 aromatic heterocycles. The molecular weight excluding hydrogens is 438 g/mol. The summed E-state index contributed by atoms with van der Waals surface area (Å²) in [5.74, 6) is -1.65. The second-order valence-electron chi connectivity index (χ2n) is 9.42. The lowest BCUT2D eigenvalue weighted by atomic mass is 9.88. The Morgan fingerprint density at radius 3 is 2.44 bits per heavy atom. The highest BCUT2D eigenvalue weighted by molar-refractivity contribution is 6.08. The summed E-state index contributed by atoms with van der Waals surface area (Å²) in [7, 11) is 0. The standard InChI is InChI=1S/C24H35N5O5/c1-17(2)11-12-20(30)28(29-22(32)24(26-23(29)33)13-15-25-16-14-24)19(21(31)27-34)10-6-9-18-7-4-3-5-8-18/h3-5,7-8,17,19,25,34H,6,9-16H2,1-2H3,(H,26,33)(H,27,31)/t19-/m0/s1. The van der Waals surface area contributed by atoms with Crippen molar-refractivity contribution >= 4 is 23.8 Å². The van der Waals surface area contributed by atoms with Crippen LogP contribution < -0.4 is 16.1 Å². The molecule has 0 unspecified atom stereocenters. The number of amides is 5. The van der Waals surface area contributed by atoms with Crippen LogP contribution in [0.2, 0.25) is 0 Å². The van der Waals surface area contributed by atoms with Crippen molar-refractivity contribution in [2.45, 2.75) is 70.4 Å². The second kappa shape index (κ2) is 11.4. The smallest absolute Gasteiger partial charge is 0.321 e. The Morgan fingerprint density at radius 2 is 1.82 bits per heavy atom. The van der Waals surface area contributed by atoms with Gasteiger partial charge in [0.2, 0.25) is 5.91 Å². The van der Waals surface area contributed by atoms with Crippen LogP contribution in [0, 0.1) is 5.92 Å². The van der Waals surface area contributed by atoms with E-state index < -0.39 is 35.3 Å². The maximum atomic E-state index is 13.5. The van der Waals surface area contributed by atoms with Crippen LogP contribution in [0.1, 0.15) is 57.9 Å². The van der Waals surface area contributed by atoms with Crippen molar-refractivity contribution in [2.75, 3.05) is 13.1 Å². The molecule has 4 N–H and O–H groups in total. The van der Waals surface area contributed by atoms with E-state index in [9.17, 15) is 24.4 Å². The van der Waals surface area contributed by atoms with Gasteiger partial charge in [0.15, 0.2) is 0 Å². The van der Waals surface area contributed by atoms with E-state index in [4.69, 9.17) is 0 Å². The first-order chi connectivity index (χ1) is 16.3. The molecule has 2 fully saturated rings. The third kappa shape index (κ3) is 5.74. The SMILES string of the molecule is CC(C)CCC(=O)N([C@@H](CCCc1ccccc1)C(=O)NO)N1C(=O)NC2(CCNCC2)C1=O. The van der Waals surface area contributed by atoms with Gasteiger partial charge in [0.05, 0.1) is 0 Å². The quantitative estimate of drug-likeness (QED) is 0.233. The van der Waals surface area contributed by atoms with Gasteiger partial charge < -0.3 is 10.6 Å². The van der Waals surface area contributed by atoms with E-state index in [0.29, 0.717) is 45.2 Å². The number of urea groups is 1. The number of imide groups is 1. The van der Waals surface area contributed by atoms with Crippen LogP contribution >= 0.6 is 0 Å². The average Bonchev–Trinajstić information content (AvgIpc) is 3.06. The van der Waals surface area contributed by atoms with E-state index in [1.54, 1.807) is 5.48 Å². The van der Waals surface area contributed by atoms with Crippen molar-refractivity contribution in [1.82, 2.24) is 26.1 Å². The highest BCUT2D eigenvalue weighted by atomic mass is 16.5. The zero-order chi connectivity index (χ0) is 24.7. The van der Waals surface area contributed by atoms with Crippen molar-refractivity contribution in [1.29, 1.82) is 0 Å². The first kappa shape index (κ1) is 25.6. The first-order valence-corrected chi connectivity index (χ1v) is 12.0. The Bertz CT molecular complexity index is 885. The first-order valence-electron chi connectivity index (χ1n) is 12.0. The number of carbonyl (C=O) groups is 4. The molecule has 1 atom stereocenters. The number of rotatable bonds is 10. The lowest BCUT2D eigenvalue weighted by molar-refractivity contribution is -0.167. The number of piperidine rings is 1. The summed E-state index contributed by atoms with van der Waals surface area (Å²) in [6.07, 6.45) is 2.71. The molecule has 10 heteroatoms. The Kier molecular flexibility index (Phi) is 8.62. The molecule has 2 aliphatic heterocycles. The van der Waals surface area contributed by atoms with Gasteiger partial charge in [-0.15, -0.1) is 0 Å². The maximum Gasteiger partial charge on any atom is 0.344 e. The number of nitrogens with zero attached hydrogens (tertiary/aromatic N) is 2. The van der Waals surface area contributed by atoms with E-state index in [2.05, 4.69) is 10.6 Å². The zero-order valence-corrected chi connectivity index (χ0v) is 19.9. The summed E-state index contributed by atoms with van der Waals surface area (Å²) in [6.45, 7) is 5.04. The van der Waals surface area contributed by atoms with Crippen LogP contribution in [0.25, 0.3) is 0 Å². The van der Waals surface area contributed by atoms with Crippen LogP contribution in [0.5, 0.6) is 0 Å². The molecule has 5 amide bonds. The number of hydrazine groups is 1. The normalized spacial score (nSPS) is 18.2. The van der Waals surface area contributed by atoms with Gasteiger partial charge >= 0.3 is 6.03 Å². The third-order valence-corrected chi connectivity index (χ3v) is 6.50. The Balaban J connectivity index is 1.88. The monoisotopic (exact) mass is 473 g/mol. The fourth-order valence-corrected chi connectivity index (χ4v) is 4.53. The molecule has 34 heavy (non-hydrogen) atoms. The number of hydrogen-bond acceptors (Lipinski definition) is 6. The number of nitrogens with one attached hydrogen (secondary N) is 3. The van der Waals surface area contributed by atoms with E-state index in [0.717, 1.165) is 15.6 Å². The molecule has 186 valence electrons. The molecule has 2 saturated heterocycles. The number of benzene rings is 1. The number of carbonyl (C=O) groups excluding carboxylic acids is 4. The summed E-state index contributed by atoms with van der Waals surface area (Å²) in [4.78, 5) is 52.7. The molecule has 0 radical (unpaired) electrons. The highest BCUT2D eigenvalue weighted by Crippen LogP contribution is 2.30. The molecule has 1 aromatic carbocycles. The minimum atomic E-state index is -1.21. The van der Waals surface area contributed by atoms with Crippen molar-refractivity contribution in [3.8, 4) is 0 Å². The number of aryl methyl sites for hydroxylation is 1. The topological polar surface area (TPSA) is 131 Å². The van der Waals surface area contributed by atoms with Crippen LogP contribution in [0.4, 0.5) is 4.79 Å². The summed E-state index contributed by atoms with van der Waals surface area (Å²) < 4.78 is 0. The lowest BCUT2D eigenvalue weighted by Crippen LogP contribution is -2.60. The van der Waals surface area contributed by atoms with Crippen molar-refractivity contribution in [2.24, 2.45) is 5.92 Å². The molecule has 1 aromatic rings. The molecule has 10 nitrogen and oxygen atoms in total. The van der Waals surface area contributed by atoms with Crippen molar-refractivity contribution in [3.05, 3.63) is 35.9 Å². The third-order valence-electron chi connectivity index (χ3n) is 6.50. The van der Waals surface area contributed by atoms with Crippen molar-refractivity contribution in [3.63, 3.8) is 0 Å². The van der Waals surface area contributed by atoms with Gasteiger partial charge in [0.1, 0.15) is 11.6 Å². The molecule has 0 aliphatic carbocycles. The fourth-order valence-electron chi connectivity index (χ4n) is 4.53. The van der Waals surface area contributed by atoms with Gasteiger partial charge in [-0.3, -0.25) is 19.6 Å². The summed E-state index contributed by atoms with van der Waals surface area (Å²) in [6, 6.07) is 7.75. The molecule has 1 spiro atoms. The fraction of sp³-hybridized carbons (Fsp3) is 0.583. The van der Waals surface area contributed by atoms with Gasteiger partial charge in [-0.25, -0.2) is 15.3 Å². The van der Waals surface area contributed by atoms with Crippen LogP contribution in [-0.2, 0) is 20.8 Å². The Hall–Kier alpha value is -2.98. The Morgan fingerprint density at radius 1 is 1.15 bits per heavy atom. The zero-order valence-electron chi connectivity index (χ0n) is 19.9. The largest absolute Gasteiger partial charge is 0.344 e. The molecule has 3 rings (SSSR count). The van der Waals surface area contributed by atoms with E-state index >= 15 is 0 Å². The van der Waals surface area contributed by atoms with Crippen LogP contribution in [-0.4, -0.2) is 63.6 Å².